The highest BCUT2D eigenvalue weighted by Crippen LogP contribution is 1.98. The molecule has 96 valence electrons. The van der Waals surface area contributed by atoms with Crippen molar-refractivity contribution in [2.75, 3.05) is 19.6 Å². The van der Waals surface area contributed by atoms with Crippen LogP contribution in [0.25, 0.3) is 0 Å². The van der Waals surface area contributed by atoms with Crippen molar-refractivity contribution >= 4 is 0 Å². The van der Waals surface area contributed by atoms with Crippen LogP contribution >= 0.6 is 0 Å². The largest absolute Gasteiger partial charge is 0.330 e. The fourth-order valence-corrected chi connectivity index (χ4v) is 1.67. The minimum absolute atomic E-state index is 0.846. The van der Waals surface area contributed by atoms with Gasteiger partial charge in [0.2, 0.25) is 0 Å². The lowest BCUT2D eigenvalue weighted by molar-refractivity contribution is 0.572. The molecule has 0 bridgehead atoms. The van der Waals surface area contributed by atoms with Crippen LogP contribution in [0.1, 0.15) is 58.3 Å². The molecule has 0 aliphatic carbocycles. The summed E-state index contributed by atoms with van der Waals surface area (Å²) in [5.74, 6) is 0. The number of nitrogens with two attached hydrogens (primary N) is 1. The molecule has 0 spiro atoms. The van der Waals surface area contributed by atoms with E-state index in [4.69, 9.17) is 5.73 Å². The predicted molar refractivity (Wildman–Crippen MR) is 73.7 cm³/mol. The fourth-order valence-electron chi connectivity index (χ4n) is 1.67. The van der Waals surface area contributed by atoms with Gasteiger partial charge in [-0.25, -0.2) is 0 Å². The van der Waals surface area contributed by atoms with E-state index in [2.05, 4.69) is 24.4 Å². The van der Waals surface area contributed by atoms with Gasteiger partial charge < -0.3 is 11.1 Å². The van der Waals surface area contributed by atoms with Gasteiger partial charge in [-0.05, 0) is 58.2 Å². The molecule has 0 saturated carbocycles. The summed E-state index contributed by atoms with van der Waals surface area (Å²) in [6.45, 7) is 5.38. The van der Waals surface area contributed by atoms with Gasteiger partial charge >= 0.3 is 0 Å². The standard InChI is InChI=1S/C14H30N2/c1-2-3-4-5-7-10-13-16-14-11-8-6-9-12-15/h3-4,16H,2,5-15H2,1H3. The highest BCUT2D eigenvalue weighted by Gasteiger charge is 1.90. The van der Waals surface area contributed by atoms with Gasteiger partial charge in [0.15, 0.2) is 0 Å². The second kappa shape index (κ2) is 14.7. The lowest BCUT2D eigenvalue weighted by Crippen LogP contribution is -2.16. The van der Waals surface area contributed by atoms with E-state index in [9.17, 15) is 0 Å². The summed E-state index contributed by atoms with van der Waals surface area (Å²) in [4.78, 5) is 0. The lowest BCUT2D eigenvalue weighted by Gasteiger charge is -2.03. The van der Waals surface area contributed by atoms with E-state index in [1.807, 2.05) is 0 Å². The van der Waals surface area contributed by atoms with E-state index in [-0.39, 0.29) is 0 Å². The molecule has 16 heavy (non-hydrogen) atoms. The molecule has 0 unspecified atom stereocenters. The van der Waals surface area contributed by atoms with Crippen LogP contribution in [0.15, 0.2) is 12.2 Å². The van der Waals surface area contributed by atoms with E-state index in [1.165, 1.54) is 64.5 Å². The fraction of sp³-hybridized carbons (Fsp3) is 0.857. The van der Waals surface area contributed by atoms with Crippen LogP contribution in [0, 0.1) is 0 Å². The summed E-state index contributed by atoms with van der Waals surface area (Å²) in [5, 5.41) is 3.50. The molecule has 0 aliphatic rings. The molecule has 0 heterocycles. The third-order valence-corrected chi connectivity index (χ3v) is 2.68. The zero-order valence-electron chi connectivity index (χ0n) is 11.0. The first-order valence-corrected chi connectivity index (χ1v) is 6.97. The number of unbranched alkanes of at least 4 members (excludes halogenated alkanes) is 5. The number of nitrogens with one attached hydrogen (secondary N) is 1. The van der Waals surface area contributed by atoms with Gasteiger partial charge in [0.05, 0.1) is 0 Å². The zero-order chi connectivity index (χ0) is 11.9. The van der Waals surface area contributed by atoms with Crippen molar-refractivity contribution in [2.24, 2.45) is 5.73 Å². The van der Waals surface area contributed by atoms with Crippen LogP contribution in [0.3, 0.4) is 0 Å². The molecule has 0 atom stereocenters. The Bertz CT molecular complexity index is 144. The average molecular weight is 226 g/mol. The molecule has 0 amide bonds. The first-order chi connectivity index (χ1) is 7.91. The van der Waals surface area contributed by atoms with Crippen molar-refractivity contribution in [3.05, 3.63) is 12.2 Å². The molecule has 2 nitrogen and oxygen atoms in total. The summed E-state index contributed by atoms with van der Waals surface area (Å²) in [6, 6.07) is 0. The first-order valence-electron chi connectivity index (χ1n) is 6.97. The van der Waals surface area contributed by atoms with Crippen LogP contribution in [-0.2, 0) is 0 Å². The maximum absolute atomic E-state index is 5.44. The van der Waals surface area contributed by atoms with Crippen LogP contribution in [0.4, 0.5) is 0 Å². The van der Waals surface area contributed by atoms with E-state index >= 15 is 0 Å². The SMILES string of the molecule is CCC=CCCCCNCCCCCCN. The summed E-state index contributed by atoms with van der Waals surface area (Å²) in [5.41, 5.74) is 5.44. The quantitative estimate of drug-likeness (QED) is 0.396. The first kappa shape index (κ1) is 15.7. The van der Waals surface area contributed by atoms with E-state index in [0.29, 0.717) is 0 Å². The molecule has 0 aromatic heterocycles. The van der Waals surface area contributed by atoms with Crippen LogP contribution in [0.5, 0.6) is 0 Å². The van der Waals surface area contributed by atoms with Crippen molar-refractivity contribution < 1.29 is 0 Å². The van der Waals surface area contributed by atoms with E-state index in [1.54, 1.807) is 0 Å². The normalized spacial score (nSPS) is 11.4. The summed E-state index contributed by atoms with van der Waals surface area (Å²) in [6.07, 6.45) is 14.7. The third-order valence-electron chi connectivity index (χ3n) is 2.68. The Morgan fingerprint density at radius 3 is 2.25 bits per heavy atom. The van der Waals surface area contributed by atoms with E-state index < -0.39 is 0 Å². The molecule has 0 rings (SSSR count). The molecule has 0 aromatic rings. The smallest absolute Gasteiger partial charge is 0.00488 e. The van der Waals surface area contributed by atoms with Crippen molar-refractivity contribution in [2.45, 2.75) is 58.3 Å². The summed E-state index contributed by atoms with van der Waals surface area (Å²) < 4.78 is 0. The Labute approximate surface area is 102 Å². The van der Waals surface area contributed by atoms with Gasteiger partial charge in [0.1, 0.15) is 0 Å². The Balaban J connectivity index is 2.90. The second-order valence-electron chi connectivity index (χ2n) is 4.33. The third kappa shape index (κ3) is 13.7. The average Bonchev–Trinajstić information content (AvgIpc) is 2.31. The highest BCUT2D eigenvalue weighted by molar-refractivity contribution is 4.79. The summed E-state index contributed by atoms with van der Waals surface area (Å²) in [7, 11) is 0. The van der Waals surface area contributed by atoms with Crippen molar-refractivity contribution in [3.8, 4) is 0 Å². The highest BCUT2D eigenvalue weighted by atomic mass is 14.8. The molecule has 0 fully saturated rings. The Morgan fingerprint density at radius 2 is 1.56 bits per heavy atom. The Morgan fingerprint density at radius 1 is 0.875 bits per heavy atom. The van der Waals surface area contributed by atoms with Crippen molar-refractivity contribution in [1.82, 2.24) is 5.32 Å². The Hall–Kier alpha value is -0.340. The number of rotatable bonds is 12. The second-order valence-corrected chi connectivity index (χ2v) is 4.33. The maximum Gasteiger partial charge on any atom is -0.00488 e. The van der Waals surface area contributed by atoms with Gasteiger partial charge in [0.25, 0.3) is 0 Å². The van der Waals surface area contributed by atoms with Crippen LogP contribution in [0.2, 0.25) is 0 Å². The Kier molecular flexibility index (Phi) is 14.3. The number of hydrogen-bond donors (Lipinski definition) is 2. The molecule has 0 aromatic carbocycles. The monoisotopic (exact) mass is 226 g/mol. The molecule has 2 heteroatoms. The number of hydrogen-bond acceptors (Lipinski definition) is 2. The zero-order valence-corrected chi connectivity index (χ0v) is 11.0. The molecular weight excluding hydrogens is 196 g/mol. The number of allylic oxidation sites excluding steroid dienone is 2. The van der Waals surface area contributed by atoms with Gasteiger partial charge in [0, 0.05) is 0 Å². The molecule has 0 saturated heterocycles. The minimum Gasteiger partial charge on any atom is -0.330 e. The molecule has 0 radical (unpaired) electrons. The van der Waals surface area contributed by atoms with Gasteiger partial charge in [-0.15, -0.1) is 0 Å². The molecule has 3 N–H and O–H groups in total. The summed E-state index contributed by atoms with van der Waals surface area (Å²) >= 11 is 0. The van der Waals surface area contributed by atoms with Gasteiger partial charge in [-0.3, -0.25) is 0 Å². The topological polar surface area (TPSA) is 38.0 Å². The van der Waals surface area contributed by atoms with Crippen molar-refractivity contribution in [1.29, 1.82) is 0 Å². The van der Waals surface area contributed by atoms with Gasteiger partial charge in [-0.2, -0.15) is 0 Å². The maximum atomic E-state index is 5.44. The van der Waals surface area contributed by atoms with Crippen LogP contribution < -0.4 is 11.1 Å². The van der Waals surface area contributed by atoms with Gasteiger partial charge in [-0.1, -0.05) is 31.9 Å². The predicted octanol–water partition coefficient (Wildman–Crippen LogP) is 3.23. The van der Waals surface area contributed by atoms with Crippen molar-refractivity contribution in [3.63, 3.8) is 0 Å². The van der Waals surface area contributed by atoms with E-state index in [0.717, 1.165) is 6.54 Å². The molecule has 0 aliphatic heterocycles. The van der Waals surface area contributed by atoms with Crippen LogP contribution in [-0.4, -0.2) is 19.6 Å². The lowest BCUT2D eigenvalue weighted by atomic mass is 10.2. The minimum atomic E-state index is 0.846. The molecular formula is C14H30N2.